The van der Waals surface area contributed by atoms with Crippen LogP contribution in [0.3, 0.4) is 0 Å². The number of carbonyl (C=O) groups is 2. The maximum Gasteiger partial charge on any atom is 0.286 e. The van der Waals surface area contributed by atoms with Crippen molar-refractivity contribution in [2.45, 2.75) is 31.8 Å². The van der Waals surface area contributed by atoms with E-state index in [1.54, 1.807) is 12.1 Å². The summed E-state index contributed by atoms with van der Waals surface area (Å²) >= 11 is 0. The number of rotatable bonds is 6. The second-order valence-electron chi connectivity index (χ2n) is 5.05. The van der Waals surface area contributed by atoms with Crippen LogP contribution in [0.1, 0.15) is 36.2 Å². The fourth-order valence-electron chi connectivity index (χ4n) is 2.37. The number of aliphatic hydroxyl groups excluding tert-OH is 1. The predicted molar refractivity (Wildman–Crippen MR) is 72.0 cm³/mol. The SMILES string of the molecule is O=C(CCNC(=O)c1ccco1)NCC1CCCC1O. The average molecular weight is 280 g/mol. The molecular formula is C14H20N2O4. The number of hydrogen-bond acceptors (Lipinski definition) is 4. The molecule has 1 heterocycles. The van der Waals surface area contributed by atoms with Crippen molar-refractivity contribution in [3.8, 4) is 0 Å². The Morgan fingerprint density at radius 2 is 2.20 bits per heavy atom. The van der Waals surface area contributed by atoms with E-state index in [9.17, 15) is 14.7 Å². The van der Waals surface area contributed by atoms with E-state index in [0.29, 0.717) is 6.54 Å². The van der Waals surface area contributed by atoms with Gasteiger partial charge in [-0.2, -0.15) is 0 Å². The van der Waals surface area contributed by atoms with Gasteiger partial charge in [0.2, 0.25) is 5.91 Å². The van der Waals surface area contributed by atoms with Crippen LogP contribution in [0, 0.1) is 5.92 Å². The van der Waals surface area contributed by atoms with Gasteiger partial charge in [-0.1, -0.05) is 6.42 Å². The van der Waals surface area contributed by atoms with E-state index in [-0.39, 0.29) is 42.6 Å². The first-order chi connectivity index (χ1) is 9.66. The number of nitrogens with one attached hydrogen (secondary N) is 2. The standard InChI is InChI=1S/C14H20N2O4/c17-11-4-1-3-10(11)9-16-13(18)6-7-15-14(19)12-5-2-8-20-12/h2,5,8,10-11,17H,1,3-4,6-7,9H2,(H,15,19)(H,16,18). The molecule has 1 aliphatic carbocycles. The molecule has 2 rings (SSSR count). The third-order valence-electron chi connectivity index (χ3n) is 3.56. The minimum Gasteiger partial charge on any atom is -0.459 e. The Morgan fingerprint density at radius 3 is 2.85 bits per heavy atom. The molecular weight excluding hydrogens is 260 g/mol. The van der Waals surface area contributed by atoms with E-state index in [1.807, 2.05) is 0 Å². The second-order valence-corrected chi connectivity index (χ2v) is 5.05. The highest BCUT2D eigenvalue weighted by molar-refractivity contribution is 5.91. The van der Waals surface area contributed by atoms with Gasteiger partial charge in [-0.3, -0.25) is 9.59 Å². The van der Waals surface area contributed by atoms with Gasteiger partial charge in [-0.15, -0.1) is 0 Å². The third kappa shape index (κ3) is 4.09. The Bertz CT molecular complexity index is 444. The lowest BCUT2D eigenvalue weighted by molar-refractivity contribution is -0.121. The minimum atomic E-state index is -0.325. The van der Waals surface area contributed by atoms with Crippen molar-refractivity contribution in [3.63, 3.8) is 0 Å². The van der Waals surface area contributed by atoms with Gasteiger partial charge in [-0.25, -0.2) is 0 Å². The van der Waals surface area contributed by atoms with Crippen LogP contribution >= 0.6 is 0 Å². The first kappa shape index (κ1) is 14.6. The number of carbonyl (C=O) groups excluding carboxylic acids is 2. The summed E-state index contributed by atoms with van der Waals surface area (Å²) in [5, 5.41) is 15.0. The van der Waals surface area contributed by atoms with Crippen molar-refractivity contribution in [3.05, 3.63) is 24.2 Å². The highest BCUT2D eigenvalue weighted by atomic mass is 16.3. The molecule has 1 aromatic rings. The molecule has 0 saturated heterocycles. The van der Waals surface area contributed by atoms with E-state index in [0.717, 1.165) is 19.3 Å². The highest BCUT2D eigenvalue weighted by Crippen LogP contribution is 2.24. The largest absolute Gasteiger partial charge is 0.459 e. The predicted octanol–water partition coefficient (Wildman–Crippen LogP) is 0.677. The van der Waals surface area contributed by atoms with Crippen LogP contribution in [-0.4, -0.2) is 36.1 Å². The summed E-state index contributed by atoms with van der Waals surface area (Å²) in [5.74, 6) is -0.0472. The van der Waals surface area contributed by atoms with Gasteiger partial charge < -0.3 is 20.2 Å². The average Bonchev–Trinajstić information content (AvgIpc) is 3.07. The molecule has 110 valence electrons. The summed E-state index contributed by atoms with van der Waals surface area (Å²) in [6, 6.07) is 3.20. The zero-order valence-electron chi connectivity index (χ0n) is 11.3. The van der Waals surface area contributed by atoms with Crippen LogP contribution in [0.5, 0.6) is 0 Å². The van der Waals surface area contributed by atoms with Crippen molar-refractivity contribution in [2.24, 2.45) is 5.92 Å². The summed E-state index contributed by atoms with van der Waals surface area (Å²) in [4.78, 5) is 23.1. The quantitative estimate of drug-likeness (QED) is 0.714. The van der Waals surface area contributed by atoms with Gasteiger partial charge in [0.05, 0.1) is 12.4 Å². The van der Waals surface area contributed by atoms with E-state index in [1.165, 1.54) is 6.26 Å². The van der Waals surface area contributed by atoms with Crippen molar-refractivity contribution in [1.29, 1.82) is 0 Å². The Balaban J connectivity index is 1.59. The molecule has 1 saturated carbocycles. The van der Waals surface area contributed by atoms with Crippen molar-refractivity contribution >= 4 is 11.8 Å². The van der Waals surface area contributed by atoms with Crippen LogP contribution in [0.2, 0.25) is 0 Å². The van der Waals surface area contributed by atoms with Crippen LogP contribution in [0.4, 0.5) is 0 Å². The van der Waals surface area contributed by atoms with Gasteiger partial charge >= 0.3 is 0 Å². The summed E-state index contributed by atoms with van der Waals surface area (Å²) in [6.45, 7) is 0.769. The normalized spacial score (nSPS) is 21.6. The zero-order valence-corrected chi connectivity index (χ0v) is 11.3. The molecule has 6 heteroatoms. The Kier molecular flexibility index (Phi) is 5.17. The van der Waals surface area contributed by atoms with Gasteiger partial charge in [0.1, 0.15) is 0 Å². The van der Waals surface area contributed by atoms with E-state index >= 15 is 0 Å². The first-order valence-corrected chi connectivity index (χ1v) is 6.93. The smallest absolute Gasteiger partial charge is 0.286 e. The molecule has 0 aromatic carbocycles. The monoisotopic (exact) mass is 280 g/mol. The fraction of sp³-hybridized carbons (Fsp3) is 0.571. The topological polar surface area (TPSA) is 91.6 Å². The number of aliphatic hydroxyl groups is 1. The third-order valence-corrected chi connectivity index (χ3v) is 3.56. The van der Waals surface area contributed by atoms with Crippen LogP contribution in [-0.2, 0) is 4.79 Å². The first-order valence-electron chi connectivity index (χ1n) is 6.93. The number of amides is 2. The molecule has 1 aromatic heterocycles. The molecule has 0 spiro atoms. The van der Waals surface area contributed by atoms with Crippen molar-refractivity contribution in [1.82, 2.24) is 10.6 Å². The molecule has 1 fully saturated rings. The van der Waals surface area contributed by atoms with Crippen LogP contribution in [0.15, 0.2) is 22.8 Å². The van der Waals surface area contributed by atoms with E-state index in [4.69, 9.17) is 4.42 Å². The van der Waals surface area contributed by atoms with Crippen LogP contribution in [0.25, 0.3) is 0 Å². The number of furan rings is 1. The molecule has 0 radical (unpaired) electrons. The summed E-state index contributed by atoms with van der Waals surface area (Å²) in [6.07, 6.45) is 4.13. The Hall–Kier alpha value is -1.82. The fourth-order valence-corrected chi connectivity index (χ4v) is 2.37. The maximum atomic E-state index is 11.6. The number of hydrogen-bond donors (Lipinski definition) is 3. The Labute approximate surface area is 117 Å². The molecule has 1 aliphatic rings. The molecule has 2 atom stereocenters. The minimum absolute atomic E-state index is 0.121. The van der Waals surface area contributed by atoms with Crippen LogP contribution < -0.4 is 10.6 Å². The summed E-state index contributed by atoms with van der Waals surface area (Å²) in [5.41, 5.74) is 0. The molecule has 6 nitrogen and oxygen atoms in total. The second kappa shape index (κ2) is 7.09. The molecule has 2 amide bonds. The maximum absolute atomic E-state index is 11.6. The lowest BCUT2D eigenvalue weighted by Crippen LogP contribution is -2.35. The Morgan fingerprint density at radius 1 is 1.35 bits per heavy atom. The van der Waals surface area contributed by atoms with E-state index in [2.05, 4.69) is 10.6 Å². The summed E-state index contributed by atoms with van der Waals surface area (Å²) < 4.78 is 4.94. The lowest BCUT2D eigenvalue weighted by Gasteiger charge is -2.15. The molecule has 0 aliphatic heterocycles. The summed E-state index contributed by atoms with van der Waals surface area (Å²) in [7, 11) is 0. The molecule has 2 unspecified atom stereocenters. The highest BCUT2D eigenvalue weighted by Gasteiger charge is 2.25. The zero-order chi connectivity index (χ0) is 14.4. The molecule has 3 N–H and O–H groups in total. The van der Waals surface area contributed by atoms with Crippen molar-refractivity contribution < 1.29 is 19.1 Å². The van der Waals surface area contributed by atoms with Crippen molar-refractivity contribution in [2.75, 3.05) is 13.1 Å². The van der Waals surface area contributed by atoms with Gasteiger partial charge in [0, 0.05) is 25.4 Å². The van der Waals surface area contributed by atoms with E-state index < -0.39 is 0 Å². The van der Waals surface area contributed by atoms with Gasteiger partial charge in [-0.05, 0) is 25.0 Å². The molecule has 0 bridgehead atoms. The van der Waals surface area contributed by atoms with Gasteiger partial charge in [0.25, 0.3) is 5.91 Å². The molecule has 20 heavy (non-hydrogen) atoms. The van der Waals surface area contributed by atoms with Gasteiger partial charge in [0.15, 0.2) is 5.76 Å². The lowest BCUT2D eigenvalue weighted by atomic mass is 10.1.